The number of rotatable bonds is 6. The number of aromatic nitrogens is 5. The maximum atomic E-state index is 6.92. The zero-order chi connectivity index (χ0) is 47.5. The van der Waals surface area contributed by atoms with Gasteiger partial charge in [0, 0.05) is 54.4 Å². The van der Waals surface area contributed by atoms with Gasteiger partial charge in [0.25, 0.3) is 0 Å². The van der Waals surface area contributed by atoms with E-state index in [0.717, 1.165) is 77.7 Å². The van der Waals surface area contributed by atoms with Crippen LogP contribution in [0.4, 0.5) is 0 Å². The number of imidazole rings is 1. The molecule has 0 saturated heterocycles. The van der Waals surface area contributed by atoms with Crippen molar-refractivity contribution < 1.29 is 24.5 Å². The van der Waals surface area contributed by atoms with Gasteiger partial charge in [-0.3, -0.25) is 4.98 Å². The van der Waals surface area contributed by atoms with Gasteiger partial charge in [-0.2, -0.15) is 0 Å². The maximum absolute atomic E-state index is 6.92. The summed E-state index contributed by atoms with van der Waals surface area (Å²) in [6, 6.07) is 55.7. The van der Waals surface area contributed by atoms with Gasteiger partial charge < -0.3 is 14.0 Å². The van der Waals surface area contributed by atoms with E-state index in [1.54, 1.807) is 0 Å². The molecule has 0 aliphatic rings. The Morgan fingerprint density at radius 3 is 1.96 bits per heavy atom. The zero-order valence-electron chi connectivity index (χ0n) is 41.1. The Balaban J connectivity index is 0.000000296. The molecule has 7 heteroatoms. The van der Waals surface area contributed by atoms with E-state index in [4.69, 9.17) is 19.4 Å². The van der Waals surface area contributed by atoms with Crippen LogP contribution in [0.3, 0.4) is 0 Å². The van der Waals surface area contributed by atoms with Crippen LogP contribution in [-0.4, -0.2) is 24.5 Å². The van der Waals surface area contributed by atoms with Gasteiger partial charge >= 0.3 is 0 Å². The first-order valence-corrected chi connectivity index (χ1v) is 23.8. The first kappa shape index (κ1) is 47.3. The van der Waals surface area contributed by atoms with Crippen molar-refractivity contribution >= 4 is 54.6 Å². The molecule has 11 rings (SSSR count). The Hall–Kier alpha value is -6.79. The number of hydrogen-bond acceptors (Lipinski definition) is 5. The fraction of sp³-hybridized carbons (Fsp3) is 0.226. The van der Waals surface area contributed by atoms with Gasteiger partial charge in [-0.1, -0.05) is 147 Å². The Morgan fingerprint density at radius 1 is 0.565 bits per heavy atom. The monoisotopic (exact) mass is 1080 g/mol. The van der Waals surface area contributed by atoms with Gasteiger partial charge in [-0.25, -0.2) is 9.97 Å². The number of pyridine rings is 1. The van der Waals surface area contributed by atoms with E-state index >= 15 is 0 Å². The normalized spacial score (nSPS) is 12.1. The summed E-state index contributed by atoms with van der Waals surface area (Å²) in [5.74, 6) is 2.10. The average Bonchev–Trinajstić information content (AvgIpc) is 3.93. The largest absolute Gasteiger partial charge is 0.500 e. The summed E-state index contributed by atoms with van der Waals surface area (Å²) in [5.41, 5.74) is 14.7. The molecule has 69 heavy (non-hydrogen) atoms. The predicted octanol–water partition coefficient (Wildman–Crippen LogP) is 16.5. The summed E-state index contributed by atoms with van der Waals surface area (Å²) in [5, 5.41) is 5.27. The topological polar surface area (TPSA) is 69.6 Å². The quantitative estimate of drug-likeness (QED) is 0.155. The van der Waals surface area contributed by atoms with Crippen LogP contribution in [0.2, 0.25) is 0 Å². The summed E-state index contributed by atoms with van der Waals surface area (Å²) >= 11 is 0. The van der Waals surface area contributed by atoms with Crippen LogP contribution in [-0.2, 0) is 30.9 Å². The number of nitrogens with zero attached hydrogens (tertiary/aromatic N) is 5. The van der Waals surface area contributed by atoms with Crippen LogP contribution in [0.1, 0.15) is 104 Å². The van der Waals surface area contributed by atoms with Crippen molar-refractivity contribution in [1.29, 1.82) is 0 Å². The minimum atomic E-state index is -0.161. The molecule has 0 aliphatic carbocycles. The Labute approximate surface area is 419 Å². The number of furan rings is 1. The van der Waals surface area contributed by atoms with Crippen molar-refractivity contribution in [2.45, 2.75) is 91.9 Å². The van der Waals surface area contributed by atoms with E-state index in [-0.39, 0.29) is 42.8 Å². The molecule has 0 amide bonds. The summed E-state index contributed by atoms with van der Waals surface area (Å²) in [4.78, 5) is 19.6. The first-order valence-electron chi connectivity index (χ1n) is 23.8. The molecule has 7 aromatic carbocycles. The first-order chi connectivity index (χ1) is 32.7. The molecule has 11 aromatic rings. The molecular weight excluding hydrogens is 1020 g/mol. The minimum Gasteiger partial charge on any atom is -0.500 e. The fourth-order valence-electron chi connectivity index (χ4n) is 9.27. The maximum Gasteiger partial charge on any atom is 0.134 e. The fourth-order valence-corrected chi connectivity index (χ4v) is 9.27. The van der Waals surface area contributed by atoms with E-state index < -0.39 is 0 Å². The second kappa shape index (κ2) is 18.6. The molecule has 0 bridgehead atoms. The molecule has 6 nitrogen and oxygen atoms in total. The van der Waals surface area contributed by atoms with Gasteiger partial charge in [0.15, 0.2) is 0 Å². The van der Waals surface area contributed by atoms with E-state index in [1.165, 1.54) is 38.9 Å². The van der Waals surface area contributed by atoms with Crippen molar-refractivity contribution in [2.75, 3.05) is 0 Å². The Bertz CT molecular complexity index is 3620. The molecule has 0 spiro atoms. The Morgan fingerprint density at radius 2 is 1.26 bits per heavy atom. The zero-order valence-corrected chi connectivity index (χ0v) is 43.5. The van der Waals surface area contributed by atoms with E-state index in [1.807, 2.05) is 42.7 Å². The number of hydrogen-bond donors (Lipinski definition) is 0. The van der Waals surface area contributed by atoms with Gasteiger partial charge in [0.1, 0.15) is 11.4 Å². The summed E-state index contributed by atoms with van der Waals surface area (Å²) < 4.78 is 9.33. The van der Waals surface area contributed by atoms with Crippen molar-refractivity contribution in [3.05, 3.63) is 187 Å². The van der Waals surface area contributed by atoms with Gasteiger partial charge in [0.2, 0.25) is 0 Å². The van der Waals surface area contributed by atoms with Crippen molar-refractivity contribution in [1.82, 2.24) is 24.5 Å². The summed E-state index contributed by atoms with van der Waals surface area (Å²) in [6.07, 6.45) is 3.78. The van der Waals surface area contributed by atoms with Crippen LogP contribution in [0.15, 0.2) is 156 Å². The van der Waals surface area contributed by atoms with Crippen LogP contribution >= 0.6 is 0 Å². The summed E-state index contributed by atoms with van der Waals surface area (Å²) in [7, 11) is 0. The minimum absolute atomic E-state index is 0. The van der Waals surface area contributed by atoms with E-state index in [2.05, 4.69) is 200 Å². The van der Waals surface area contributed by atoms with Crippen molar-refractivity contribution in [2.24, 2.45) is 0 Å². The van der Waals surface area contributed by atoms with Gasteiger partial charge in [0.05, 0.1) is 33.3 Å². The third-order valence-corrected chi connectivity index (χ3v) is 12.9. The molecule has 0 unspecified atom stereocenters. The number of fused-ring (bicyclic) bond motifs is 8. The molecule has 4 aromatic heterocycles. The van der Waals surface area contributed by atoms with E-state index in [9.17, 15) is 0 Å². The third-order valence-electron chi connectivity index (χ3n) is 12.9. The second-order valence-electron chi connectivity index (χ2n) is 20.6. The Kier molecular flexibility index (Phi) is 12.7. The molecule has 0 aliphatic heterocycles. The predicted molar refractivity (Wildman–Crippen MR) is 283 cm³/mol. The number of benzene rings is 7. The van der Waals surface area contributed by atoms with Crippen LogP contribution in [0.5, 0.6) is 0 Å². The standard InChI is InChI=1S/C47H41N4O.C15H16N.Ir/c1-27(2)36-24-31(29-14-9-8-10-15-29)25-37(28(3)4)41(36)51-42-32-17-12-11-16-30(32)20-22-40(42)49-45(51)35-19-13-18-33-34-21-23-39-38(44(34)52-43(33)35)26-48-46(50-39)47(5,6)7;1-15(2,3)13-9-10-16-14(11-13)12-7-5-4-6-8-12;/h8-18,20-28H,1-7H3;4-7,9-11H,1-3H3;/q2*-1;. The van der Waals surface area contributed by atoms with Crippen LogP contribution in [0, 0.1) is 12.1 Å². The molecule has 1 radical (unpaired) electrons. The average molecular weight is 1080 g/mol. The van der Waals surface area contributed by atoms with E-state index in [0.29, 0.717) is 0 Å². The molecule has 0 saturated carbocycles. The molecule has 0 atom stereocenters. The van der Waals surface area contributed by atoms with Crippen molar-refractivity contribution in [3.63, 3.8) is 0 Å². The molecule has 0 fully saturated rings. The van der Waals surface area contributed by atoms with Crippen molar-refractivity contribution in [3.8, 4) is 39.5 Å². The van der Waals surface area contributed by atoms with Gasteiger partial charge in [-0.05, 0) is 92.5 Å². The summed E-state index contributed by atoms with van der Waals surface area (Å²) in [6.45, 7) is 22.2. The van der Waals surface area contributed by atoms with Crippen LogP contribution < -0.4 is 0 Å². The second-order valence-corrected chi connectivity index (χ2v) is 20.6. The smallest absolute Gasteiger partial charge is 0.134 e. The molecular formula is C62H57IrN5O-2. The molecule has 4 heterocycles. The third kappa shape index (κ3) is 8.91. The van der Waals surface area contributed by atoms with Gasteiger partial charge in [-0.15, -0.1) is 54.1 Å². The SMILES string of the molecule is CC(C)(C)c1ccnc(-c2[c-]cccc2)c1.CC(C)c1cc(-c2ccccc2)cc(C(C)C)c1-n1c(-c2[c-]ccc3c2oc2c4cnc(C(C)(C)C)nc4ccc32)nc2ccc3ccccc3c21.[Ir]. The molecule has 347 valence electrons. The molecule has 0 N–H and O–H groups in total. The van der Waals surface area contributed by atoms with Crippen LogP contribution in [0.25, 0.3) is 94.1 Å².